The number of rotatable bonds is 2. The van der Waals surface area contributed by atoms with Crippen molar-refractivity contribution in [2.75, 3.05) is 0 Å². The molecule has 0 N–H and O–H groups in total. The maximum Gasteiger partial charge on any atom is 0.0867 e. The van der Waals surface area contributed by atoms with Gasteiger partial charge in [-0.2, -0.15) is 0 Å². The molecule has 2 heteroatoms. The standard InChI is InChI=1S/C8H10ClF/c1-7(4-3-5-10)6-8(2)9/h3-6H,1-2H3/b5-3+,7-4-,8-6+. The van der Waals surface area contributed by atoms with Gasteiger partial charge in [0, 0.05) is 5.03 Å². The molecule has 0 radical (unpaired) electrons. The van der Waals surface area contributed by atoms with E-state index >= 15 is 0 Å². The van der Waals surface area contributed by atoms with Crippen LogP contribution in [0.25, 0.3) is 0 Å². The predicted octanol–water partition coefficient (Wildman–Crippen LogP) is 3.56. The van der Waals surface area contributed by atoms with Gasteiger partial charge in [0.15, 0.2) is 0 Å². The van der Waals surface area contributed by atoms with Gasteiger partial charge in [0.25, 0.3) is 0 Å². The molecule has 0 saturated carbocycles. The molecule has 0 atom stereocenters. The lowest BCUT2D eigenvalue weighted by Crippen LogP contribution is -1.66. The van der Waals surface area contributed by atoms with Crippen LogP contribution in [0.1, 0.15) is 13.8 Å². The van der Waals surface area contributed by atoms with Crippen LogP contribution in [0.2, 0.25) is 0 Å². The van der Waals surface area contributed by atoms with Gasteiger partial charge in [-0.25, -0.2) is 4.39 Å². The lowest BCUT2D eigenvalue weighted by molar-refractivity contribution is 0.721. The first-order valence-corrected chi connectivity index (χ1v) is 3.32. The predicted molar refractivity (Wildman–Crippen MR) is 43.6 cm³/mol. The number of hydrogen-bond acceptors (Lipinski definition) is 0. The van der Waals surface area contributed by atoms with E-state index in [9.17, 15) is 4.39 Å². The van der Waals surface area contributed by atoms with Crippen LogP contribution in [0, 0.1) is 0 Å². The summed E-state index contributed by atoms with van der Waals surface area (Å²) < 4.78 is 11.4. The van der Waals surface area contributed by atoms with E-state index in [-0.39, 0.29) is 0 Å². The normalized spacial score (nSPS) is 14.8. The Morgan fingerprint density at radius 2 is 2.00 bits per heavy atom. The summed E-state index contributed by atoms with van der Waals surface area (Å²) in [6.45, 7) is 3.63. The van der Waals surface area contributed by atoms with Gasteiger partial charge >= 0.3 is 0 Å². The van der Waals surface area contributed by atoms with Crippen LogP contribution >= 0.6 is 11.6 Å². The Hall–Kier alpha value is -0.560. The minimum absolute atomic E-state index is 0.487. The number of hydrogen-bond donors (Lipinski definition) is 0. The third-order valence-electron chi connectivity index (χ3n) is 0.858. The number of allylic oxidation sites excluding steroid dienone is 5. The summed E-state index contributed by atoms with van der Waals surface area (Å²) in [5.74, 6) is 0. The summed E-state index contributed by atoms with van der Waals surface area (Å²) in [4.78, 5) is 0. The molecule has 0 rings (SSSR count). The van der Waals surface area contributed by atoms with E-state index in [2.05, 4.69) is 0 Å². The second-order valence-corrected chi connectivity index (χ2v) is 2.56. The fourth-order valence-electron chi connectivity index (χ4n) is 0.550. The minimum atomic E-state index is 0.487. The molecule has 56 valence electrons. The summed E-state index contributed by atoms with van der Waals surface area (Å²) in [5, 5.41) is 0.695. The molecule has 10 heavy (non-hydrogen) atoms. The molecule has 0 unspecified atom stereocenters. The first-order valence-electron chi connectivity index (χ1n) is 2.94. The molecular weight excluding hydrogens is 151 g/mol. The van der Waals surface area contributed by atoms with Gasteiger partial charge < -0.3 is 0 Å². The van der Waals surface area contributed by atoms with Crippen LogP contribution in [-0.4, -0.2) is 0 Å². The van der Waals surface area contributed by atoms with Crippen molar-refractivity contribution >= 4 is 11.6 Å². The smallest absolute Gasteiger partial charge is 0.0867 e. The maximum absolute atomic E-state index is 11.4. The zero-order chi connectivity index (χ0) is 7.98. The van der Waals surface area contributed by atoms with Crippen LogP contribution in [0.3, 0.4) is 0 Å². The van der Waals surface area contributed by atoms with Crippen molar-refractivity contribution in [1.29, 1.82) is 0 Å². The SMILES string of the molecule is CC(=C/C=C/F)/C=C(\C)Cl. The molecule has 0 aromatic heterocycles. The molecule has 0 amide bonds. The summed E-state index contributed by atoms with van der Waals surface area (Å²) in [5.41, 5.74) is 0.932. The maximum atomic E-state index is 11.4. The zero-order valence-corrected chi connectivity index (χ0v) is 6.82. The van der Waals surface area contributed by atoms with E-state index in [4.69, 9.17) is 11.6 Å². The van der Waals surface area contributed by atoms with E-state index in [0.29, 0.717) is 11.4 Å². The Labute approximate surface area is 65.7 Å². The Kier molecular flexibility index (Phi) is 4.95. The minimum Gasteiger partial charge on any atom is -0.216 e. The van der Waals surface area contributed by atoms with Gasteiger partial charge in [-0.1, -0.05) is 17.7 Å². The highest BCUT2D eigenvalue weighted by Gasteiger charge is 1.81. The Morgan fingerprint density at radius 1 is 1.40 bits per heavy atom. The van der Waals surface area contributed by atoms with Crippen LogP contribution in [0.15, 0.2) is 35.2 Å². The van der Waals surface area contributed by atoms with E-state index in [0.717, 1.165) is 5.57 Å². The third-order valence-corrected chi connectivity index (χ3v) is 0.968. The average Bonchev–Trinajstić information content (AvgIpc) is 1.82. The molecular formula is C8H10ClF. The highest BCUT2D eigenvalue weighted by molar-refractivity contribution is 6.29. The van der Waals surface area contributed by atoms with Crippen molar-refractivity contribution < 1.29 is 4.39 Å². The van der Waals surface area contributed by atoms with Crippen molar-refractivity contribution in [3.05, 3.63) is 35.2 Å². The highest BCUT2D eigenvalue weighted by Crippen LogP contribution is 2.04. The summed E-state index contributed by atoms with van der Waals surface area (Å²) >= 11 is 5.55. The molecule has 0 aliphatic carbocycles. The second kappa shape index (κ2) is 5.24. The van der Waals surface area contributed by atoms with Gasteiger partial charge in [0.1, 0.15) is 0 Å². The first-order chi connectivity index (χ1) is 4.66. The van der Waals surface area contributed by atoms with Gasteiger partial charge in [0.2, 0.25) is 0 Å². The molecule has 0 heterocycles. The van der Waals surface area contributed by atoms with Gasteiger partial charge in [-0.3, -0.25) is 0 Å². The lowest BCUT2D eigenvalue weighted by atomic mass is 10.2. The van der Waals surface area contributed by atoms with E-state index in [1.807, 2.05) is 6.92 Å². The molecule has 0 aliphatic heterocycles. The quantitative estimate of drug-likeness (QED) is 0.542. The Morgan fingerprint density at radius 3 is 2.40 bits per heavy atom. The number of halogens is 2. The molecule has 0 aliphatic rings. The summed E-state index contributed by atoms with van der Waals surface area (Å²) in [6, 6.07) is 0. The highest BCUT2D eigenvalue weighted by atomic mass is 35.5. The lowest BCUT2D eigenvalue weighted by Gasteiger charge is -1.87. The largest absolute Gasteiger partial charge is 0.216 e. The van der Waals surface area contributed by atoms with Gasteiger partial charge in [-0.15, -0.1) is 0 Å². The molecule has 0 aromatic rings. The van der Waals surface area contributed by atoms with Gasteiger partial charge in [-0.05, 0) is 31.6 Å². The molecule has 0 bridgehead atoms. The fourth-order valence-corrected chi connectivity index (χ4v) is 0.722. The van der Waals surface area contributed by atoms with Crippen LogP contribution in [0.5, 0.6) is 0 Å². The van der Waals surface area contributed by atoms with Crippen LogP contribution in [-0.2, 0) is 0 Å². The van der Waals surface area contributed by atoms with Crippen molar-refractivity contribution in [1.82, 2.24) is 0 Å². The van der Waals surface area contributed by atoms with Crippen LogP contribution < -0.4 is 0 Å². The van der Waals surface area contributed by atoms with Crippen molar-refractivity contribution in [2.45, 2.75) is 13.8 Å². The molecule has 0 saturated heterocycles. The topological polar surface area (TPSA) is 0 Å². The molecule has 0 nitrogen and oxygen atoms in total. The molecule has 0 fully saturated rings. The fraction of sp³-hybridized carbons (Fsp3) is 0.250. The van der Waals surface area contributed by atoms with E-state index in [1.54, 1.807) is 19.1 Å². The summed E-state index contributed by atoms with van der Waals surface area (Å²) in [7, 11) is 0. The Balaban J connectivity index is 4.08. The van der Waals surface area contributed by atoms with Gasteiger partial charge in [0.05, 0.1) is 6.33 Å². The second-order valence-electron chi connectivity index (χ2n) is 1.96. The van der Waals surface area contributed by atoms with Crippen LogP contribution in [0.4, 0.5) is 4.39 Å². The average molecular weight is 161 g/mol. The molecule has 0 aromatic carbocycles. The first kappa shape index (κ1) is 9.44. The summed E-state index contributed by atoms with van der Waals surface area (Å²) in [6.07, 6.45) is 5.22. The zero-order valence-electron chi connectivity index (χ0n) is 6.07. The van der Waals surface area contributed by atoms with Crippen molar-refractivity contribution in [3.63, 3.8) is 0 Å². The van der Waals surface area contributed by atoms with Crippen molar-refractivity contribution in [3.8, 4) is 0 Å². The monoisotopic (exact) mass is 160 g/mol. The Bertz CT molecular complexity index is 174. The molecule has 0 spiro atoms. The van der Waals surface area contributed by atoms with Crippen molar-refractivity contribution in [2.24, 2.45) is 0 Å². The third kappa shape index (κ3) is 5.57. The van der Waals surface area contributed by atoms with E-state index in [1.165, 1.54) is 6.08 Å². The van der Waals surface area contributed by atoms with E-state index < -0.39 is 0 Å².